The van der Waals surface area contributed by atoms with Crippen LogP contribution in [-0.4, -0.2) is 19.3 Å². The minimum absolute atomic E-state index is 0.435. The van der Waals surface area contributed by atoms with Crippen molar-refractivity contribution in [2.75, 3.05) is 24.9 Å². The summed E-state index contributed by atoms with van der Waals surface area (Å²) in [5.41, 5.74) is 1.54. The van der Waals surface area contributed by atoms with Crippen LogP contribution in [0.15, 0.2) is 40.9 Å². The molecular formula is C15H14BrClN2O2S. The molecule has 0 heterocycles. The molecule has 0 saturated carbocycles. The number of thiocarbonyl (C=S) groups is 1. The maximum atomic E-state index is 6.08. The summed E-state index contributed by atoms with van der Waals surface area (Å²) in [6, 6.07) is 11.1. The molecule has 0 amide bonds. The van der Waals surface area contributed by atoms with Gasteiger partial charge in [-0.3, -0.25) is 0 Å². The van der Waals surface area contributed by atoms with E-state index >= 15 is 0 Å². The summed E-state index contributed by atoms with van der Waals surface area (Å²) in [7, 11) is 3.12. The van der Waals surface area contributed by atoms with E-state index in [1.165, 1.54) is 0 Å². The molecular weight excluding hydrogens is 388 g/mol. The molecule has 0 unspecified atom stereocenters. The summed E-state index contributed by atoms with van der Waals surface area (Å²) in [6.07, 6.45) is 0. The van der Waals surface area contributed by atoms with Gasteiger partial charge in [-0.15, -0.1) is 0 Å². The van der Waals surface area contributed by atoms with Gasteiger partial charge in [-0.2, -0.15) is 0 Å². The van der Waals surface area contributed by atoms with Gasteiger partial charge in [-0.05, 0) is 36.5 Å². The molecule has 7 heteroatoms. The summed E-state index contributed by atoms with van der Waals surface area (Å²) >= 11 is 14.8. The summed E-state index contributed by atoms with van der Waals surface area (Å²) < 4.78 is 11.5. The predicted molar refractivity (Wildman–Crippen MR) is 98.5 cm³/mol. The third kappa shape index (κ3) is 4.25. The van der Waals surface area contributed by atoms with Crippen LogP contribution in [0.3, 0.4) is 0 Å². The van der Waals surface area contributed by atoms with Crippen LogP contribution in [0.5, 0.6) is 11.5 Å². The molecule has 0 radical (unpaired) electrons. The molecule has 0 bridgehead atoms. The number of ether oxygens (including phenoxy) is 2. The Hall–Kier alpha value is -1.50. The van der Waals surface area contributed by atoms with Gasteiger partial charge in [0.15, 0.2) is 5.11 Å². The Morgan fingerprint density at radius 3 is 2.27 bits per heavy atom. The third-order valence-corrected chi connectivity index (χ3v) is 3.85. The van der Waals surface area contributed by atoms with Crippen molar-refractivity contribution in [3.63, 3.8) is 0 Å². The van der Waals surface area contributed by atoms with E-state index in [-0.39, 0.29) is 0 Å². The highest BCUT2D eigenvalue weighted by molar-refractivity contribution is 9.10. The molecule has 2 aromatic carbocycles. The van der Waals surface area contributed by atoms with Crippen LogP contribution >= 0.6 is 39.7 Å². The number of halogens is 2. The van der Waals surface area contributed by atoms with Gasteiger partial charge in [-0.1, -0.05) is 27.5 Å². The number of hydrogen-bond donors (Lipinski definition) is 2. The molecule has 0 aliphatic carbocycles. The molecule has 0 atom stereocenters. The lowest BCUT2D eigenvalue weighted by atomic mass is 10.2. The van der Waals surface area contributed by atoms with Crippen molar-refractivity contribution < 1.29 is 9.47 Å². The molecule has 0 aliphatic rings. The fourth-order valence-electron chi connectivity index (χ4n) is 1.78. The van der Waals surface area contributed by atoms with Crippen molar-refractivity contribution in [3.8, 4) is 11.5 Å². The van der Waals surface area contributed by atoms with E-state index in [9.17, 15) is 0 Å². The SMILES string of the molecule is COc1cc(NC(=S)Nc2ccc(Br)cc2)c(OC)cc1Cl. The molecule has 0 spiro atoms. The van der Waals surface area contributed by atoms with Crippen LogP contribution in [0.4, 0.5) is 11.4 Å². The van der Waals surface area contributed by atoms with Gasteiger partial charge in [-0.25, -0.2) is 0 Å². The summed E-state index contributed by atoms with van der Waals surface area (Å²) in [4.78, 5) is 0. The lowest BCUT2D eigenvalue weighted by Crippen LogP contribution is -2.19. The van der Waals surface area contributed by atoms with Gasteiger partial charge in [0.1, 0.15) is 11.5 Å². The second kappa shape index (κ2) is 7.67. The molecule has 0 aliphatic heterocycles. The van der Waals surface area contributed by atoms with Gasteiger partial charge in [0.25, 0.3) is 0 Å². The van der Waals surface area contributed by atoms with Crippen molar-refractivity contribution >= 4 is 56.2 Å². The Balaban J connectivity index is 2.15. The Morgan fingerprint density at radius 1 is 1.05 bits per heavy atom. The van der Waals surface area contributed by atoms with Crippen LogP contribution in [-0.2, 0) is 0 Å². The Morgan fingerprint density at radius 2 is 1.68 bits per heavy atom. The van der Waals surface area contributed by atoms with Crippen molar-refractivity contribution in [1.29, 1.82) is 0 Å². The minimum atomic E-state index is 0.435. The second-order valence-corrected chi connectivity index (χ2v) is 6.00. The second-order valence-electron chi connectivity index (χ2n) is 4.27. The first-order valence-corrected chi connectivity index (χ1v) is 7.86. The topological polar surface area (TPSA) is 42.5 Å². The molecule has 2 N–H and O–H groups in total. The lowest BCUT2D eigenvalue weighted by Gasteiger charge is -2.15. The van der Waals surface area contributed by atoms with Crippen molar-refractivity contribution in [2.24, 2.45) is 0 Å². The van der Waals surface area contributed by atoms with Gasteiger partial charge in [0.05, 0.1) is 24.9 Å². The molecule has 2 rings (SSSR count). The number of nitrogens with one attached hydrogen (secondary N) is 2. The highest BCUT2D eigenvalue weighted by Gasteiger charge is 2.11. The Bertz CT molecular complexity index is 680. The molecule has 0 fully saturated rings. The zero-order valence-electron chi connectivity index (χ0n) is 11.9. The van der Waals surface area contributed by atoms with E-state index in [4.69, 9.17) is 33.3 Å². The van der Waals surface area contributed by atoms with E-state index in [2.05, 4.69) is 26.6 Å². The highest BCUT2D eigenvalue weighted by Crippen LogP contribution is 2.35. The monoisotopic (exact) mass is 400 g/mol. The summed E-state index contributed by atoms with van der Waals surface area (Å²) in [5, 5.41) is 7.07. The largest absolute Gasteiger partial charge is 0.495 e. The van der Waals surface area contributed by atoms with Crippen LogP contribution in [0.25, 0.3) is 0 Å². The average Bonchev–Trinajstić information content (AvgIpc) is 2.50. The van der Waals surface area contributed by atoms with E-state index in [0.29, 0.717) is 27.3 Å². The van der Waals surface area contributed by atoms with Gasteiger partial charge >= 0.3 is 0 Å². The summed E-state index contributed by atoms with van der Waals surface area (Å²) in [5.74, 6) is 1.11. The third-order valence-electron chi connectivity index (χ3n) is 2.82. The minimum Gasteiger partial charge on any atom is -0.495 e. The van der Waals surface area contributed by atoms with E-state index in [1.54, 1.807) is 26.4 Å². The summed E-state index contributed by atoms with van der Waals surface area (Å²) in [6.45, 7) is 0. The Kier molecular flexibility index (Phi) is 5.88. The fourth-order valence-corrected chi connectivity index (χ4v) is 2.50. The molecule has 0 aromatic heterocycles. The molecule has 22 heavy (non-hydrogen) atoms. The van der Waals surface area contributed by atoms with Crippen molar-refractivity contribution in [2.45, 2.75) is 0 Å². The van der Waals surface area contributed by atoms with E-state index in [0.717, 1.165) is 10.2 Å². The van der Waals surface area contributed by atoms with Crippen molar-refractivity contribution in [1.82, 2.24) is 0 Å². The zero-order valence-corrected chi connectivity index (χ0v) is 15.1. The van der Waals surface area contributed by atoms with E-state index in [1.807, 2.05) is 24.3 Å². The first-order chi connectivity index (χ1) is 10.5. The lowest BCUT2D eigenvalue weighted by molar-refractivity contribution is 0.405. The first-order valence-electron chi connectivity index (χ1n) is 6.28. The van der Waals surface area contributed by atoms with Crippen LogP contribution in [0.2, 0.25) is 5.02 Å². The molecule has 0 saturated heterocycles. The number of anilines is 2. The highest BCUT2D eigenvalue weighted by atomic mass is 79.9. The molecule has 116 valence electrons. The normalized spacial score (nSPS) is 10.0. The maximum Gasteiger partial charge on any atom is 0.175 e. The Labute approximate surface area is 147 Å². The standard InChI is InChI=1S/C15H14BrClN2O2S/c1-20-13-8-12(14(21-2)7-11(13)17)19-15(22)18-10-5-3-9(16)4-6-10/h3-8H,1-2H3,(H2,18,19,22). The number of hydrogen-bond acceptors (Lipinski definition) is 3. The van der Waals surface area contributed by atoms with Crippen LogP contribution in [0.1, 0.15) is 0 Å². The quantitative estimate of drug-likeness (QED) is 0.711. The molecule has 2 aromatic rings. The zero-order chi connectivity index (χ0) is 16.1. The van der Waals surface area contributed by atoms with Crippen LogP contribution < -0.4 is 20.1 Å². The number of methoxy groups -OCH3 is 2. The fraction of sp³-hybridized carbons (Fsp3) is 0.133. The number of rotatable bonds is 4. The van der Waals surface area contributed by atoms with Gasteiger partial charge in [0.2, 0.25) is 0 Å². The van der Waals surface area contributed by atoms with Crippen LogP contribution in [0, 0.1) is 0 Å². The number of benzene rings is 2. The van der Waals surface area contributed by atoms with Gasteiger partial charge < -0.3 is 20.1 Å². The average molecular weight is 402 g/mol. The van der Waals surface area contributed by atoms with Gasteiger partial charge in [0, 0.05) is 22.3 Å². The maximum absolute atomic E-state index is 6.08. The van der Waals surface area contributed by atoms with E-state index < -0.39 is 0 Å². The van der Waals surface area contributed by atoms with Crippen molar-refractivity contribution in [3.05, 3.63) is 45.9 Å². The predicted octanol–water partition coefficient (Wildman–Crippen LogP) is 4.93. The smallest absolute Gasteiger partial charge is 0.175 e. The molecule has 4 nitrogen and oxygen atoms in total. The first kappa shape index (κ1) is 16.9.